The van der Waals surface area contributed by atoms with Gasteiger partial charge in [-0.1, -0.05) is 0 Å². The molecule has 0 unspecified atom stereocenters. The van der Waals surface area contributed by atoms with Crippen LogP contribution in [0.5, 0.6) is 0 Å². The van der Waals surface area contributed by atoms with E-state index in [0.717, 1.165) is 0 Å². The standard InChI is InChI=1S/C7H4N2O2.Li/c8-4-5-1-2-9-6(3-5)7(10)11;/h1-3H,(H,10,11);/q;+1. The number of hydrogen-bond donors (Lipinski definition) is 0. The van der Waals surface area contributed by atoms with Crippen LogP contribution in [0.2, 0.25) is 0 Å². The summed E-state index contributed by atoms with van der Waals surface area (Å²) < 4.78 is 0. The van der Waals surface area contributed by atoms with Gasteiger partial charge >= 0.3 is 18.9 Å². The first-order valence-electron chi connectivity index (χ1n) is 2.87. The molecule has 0 bridgehead atoms. The van der Waals surface area contributed by atoms with Crippen LogP contribution in [0.15, 0.2) is 18.3 Å². The number of H-pyrrole nitrogens is 1. The Labute approximate surface area is 81.0 Å². The Bertz CT molecular complexity index is 332. The van der Waals surface area contributed by atoms with Gasteiger partial charge in [0.25, 0.3) is 0 Å². The van der Waals surface area contributed by atoms with E-state index in [1.165, 1.54) is 18.3 Å². The molecule has 0 fully saturated rings. The van der Waals surface area contributed by atoms with Crippen LogP contribution in [0.4, 0.5) is 0 Å². The number of rotatable bonds is 1. The van der Waals surface area contributed by atoms with Crippen LogP contribution in [0.25, 0.3) is 0 Å². The summed E-state index contributed by atoms with van der Waals surface area (Å²) in [7, 11) is 0. The molecule has 0 aromatic carbocycles. The summed E-state index contributed by atoms with van der Waals surface area (Å²) >= 11 is 0. The van der Waals surface area contributed by atoms with Crippen LogP contribution >= 0.6 is 0 Å². The molecule has 54 valence electrons. The molecule has 0 saturated carbocycles. The van der Waals surface area contributed by atoms with Crippen molar-refractivity contribution < 1.29 is 33.7 Å². The zero-order chi connectivity index (χ0) is 8.27. The zero-order valence-corrected chi connectivity index (χ0v) is 6.50. The predicted octanol–water partition coefficient (Wildman–Crippen LogP) is -4.26. The van der Waals surface area contributed by atoms with E-state index in [2.05, 4.69) is 4.98 Å². The summed E-state index contributed by atoms with van der Waals surface area (Å²) in [6.07, 6.45) is 1.38. The Hall–Kier alpha value is -1.29. The molecule has 5 heteroatoms. The first-order chi connectivity index (χ1) is 5.24. The maximum Gasteiger partial charge on any atom is 1.00 e. The third-order valence-corrected chi connectivity index (χ3v) is 1.15. The molecule has 0 aliphatic rings. The molecule has 1 heterocycles. The molecule has 1 N–H and O–H groups in total. The van der Waals surface area contributed by atoms with Crippen molar-refractivity contribution >= 4 is 5.97 Å². The van der Waals surface area contributed by atoms with Crippen molar-refractivity contribution in [3.63, 3.8) is 0 Å². The van der Waals surface area contributed by atoms with Gasteiger partial charge in [-0.2, -0.15) is 5.26 Å². The summed E-state index contributed by atoms with van der Waals surface area (Å²) in [5.41, 5.74) is 0.201. The molecular weight excluding hydrogens is 151 g/mol. The number of carboxylic acid groups (broad SMARTS) is 1. The Morgan fingerprint density at radius 2 is 2.33 bits per heavy atom. The van der Waals surface area contributed by atoms with Gasteiger partial charge in [-0.05, 0) is 0 Å². The van der Waals surface area contributed by atoms with E-state index in [0.29, 0.717) is 5.56 Å². The molecule has 1 rings (SSSR count). The third-order valence-electron chi connectivity index (χ3n) is 1.15. The number of aromatic amines is 1. The summed E-state index contributed by atoms with van der Waals surface area (Å²) in [5.74, 6) is -1.32. The van der Waals surface area contributed by atoms with Gasteiger partial charge in [0.15, 0.2) is 6.20 Å². The topological polar surface area (TPSA) is 78.1 Å². The third kappa shape index (κ3) is 2.39. The molecule has 0 spiro atoms. The summed E-state index contributed by atoms with van der Waals surface area (Å²) in [4.78, 5) is 12.6. The second-order valence-corrected chi connectivity index (χ2v) is 1.89. The fourth-order valence-corrected chi connectivity index (χ4v) is 0.654. The zero-order valence-electron chi connectivity index (χ0n) is 6.50. The second kappa shape index (κ2) is 4.56. The average Bonchev–Trinajstić information content (AvgIpc) is 2.05. The minimum Gasteiger partial charge on any atom is -0.539 e. The molecule has 0 aliphatic carbocycles. The van der Waals surface area contributed by atoms with Crippen molar-refractivity contribution in [2.45, 2.75) is 0 Å². The number of nitrogens with one attached hydrogen (secondary N) is 1. The number of hydrogen-bond acceptors (Lipinski definition) is 3. The normalized spacial score (nSPS) is 7.92. The molecule has 0 amide bonds. The largest absolute Gasteiger partial charge is 1.00 e. The quantitative estimate of drug-likeness (QED) is 0.385. The maximum absolute atomic E-state index is 10.2. The van der Waals surface area contributed by atoms with Crippen LogP contribution in [0.3, 0.4) is 0 Å². The van der Waals surface area contributed by atoms with Crippen molar-refractivity contribution in [2.75, 3.05) is 0 Å². The van der Waals surface area contributed by atoms with Gasteiger partial charge in [-0.25, -0.2) is 4.98 Å². The minimum absolute atomic E-state index is 0. The fraction of sp³-hybridized carbons (Fsp3) is 0. The number of nitriles is 1. The number of aromatic nitrogens is 1. The molecule has 12 heavy (non-hydrogen) atoms. The van der Waals surface area contributed by atoms with Gasteiger partial charge in [-0.15, -0.1) is 0 Å². The molecule has 1 aromatic heterocycles. The Kier molecular flexibility index (Phi) is 4.07. The Morgan fingerprint density at radius 3 is 2.83 bits per heavy atom. The van der Waals surface area contributed by atoms with Crippen LogP contribution in [0.1, 0.15) is 16.1 Å². The van der Waals surface area contributed by atoms with Gasteiger partial charge in [0.05, 0.1) is 11.6 Å². The van der Waals surface area contributed by atoms with Gasteiger partial charge in [0.1, 0.15) is 5.97 Å². The SMILES string of the molecule is N#Cc1cc[nH+]c(C(=O)[O-])c1.[Li+]. The van der Waals surface area contributed by atoms with Crippen LogP contribution in [0, 0.1) is 11.3 Å². The van der Waals surface area contributed by atoms with E-state index in [-0.39, 0.29) is 24.6 Å². The second-order valence-electron chi connectivity index (χ2n) is 1.89. The van der Waals surface area contributed by atoms with E-state index in [9.17, 15) is 9.90 Å². The number of nitrogens with zero attached hydrogens (tertiary/aromatic N) is 1. The van der Waals surface area contributed by atoms with Crippen molar-refractivity contribution in [1.82, 2.24) is 0 Å². The van der Waals surface area contributed by atoms with Crippen LogP contribution < -0.4 is 29.0 Å². The van der Waals surface area contributed by atoms with Crippen molar-refractivity contribution in [3.8, 4) is 6.07 Å². The van der Waals surface area contributed by atoms with E-state index >= 15 is 0 Å². The van der Waals surface area contributed by atoms with Gasteiger partial charge in [0.2, 0.25) is 5.69 Å². The van der Waals surface area contributed by atoms with Crippen LogP contribution in [-0.4, -0.2) is 5.97 Å². The smallest absolute Gasteiger partial charge is 0.539 e. The van der Waals surface area contributed by atoms with E-state index in [1.54, 1.807) is 0 Å². The van der Waals surface area contributed by atoms with Gasteiger partial charge < -0.3 is 9.90 Å². The van der Waals surface area contributed by atoms with E-state index in [1.807, 2.05) is 6.07 Å². The molecule has 1 aromatic rings. The van der Waals surface area contributed by atoms with E-state index < -0.39 is 5.97 Å². The molecular formula is C7H4LiN2O2+. The Balaban J connectivity index is 0.00000121. The minimum atomic E-state index is -1.32. The first-order valence-corrected chi connectivity index (χ1v) is 2.87. The van der Waals surface area contributed by atoms with Gasteiger partial charge in [0, 0.05) is 12.1 Å². The Morgan fingerprint density at radius 1 is 1.67 bits per heavy atom. The summed E-state index contributed by atoms with van der Waals surface area (Å²) in [5, 5.41) is 18.6. The van der Waals surface area contributed by atoms with E-state index in [4.69, 9.17) is 5.26 Å². The number of carbonyl (C=O) groups excluding carboxylic acids is 1. The summed E-state index contributed by atoms with van der Waals surface area (Å²) in [6.45, 7) is 0. The first kappa shape index (κ1) is 10.7. The van der Waals surface area contributed by atoms with Gasteiger partial charge in [-0.3, -0.25) is 0 Å². The average molecular weight is 155 g/mol. The molecule has 0 saturated heterocycles. The number of carbonyl (C=O) groups is 1. The number of pyridine rings is 1. The number of aromatic carboxylic acids is 1. The predicted molar refractivity (Wildman–Crippen MR) is 32.0 cm³/mol. The van der Waals surface area contributed by atoms with Crippen LogP contribution in [-0.2, 0) is 0 Å². The molecule has 0 radical (unpaired) electrons. The van der Waals surface area contributed by atoms with Crippen molar-refractivity contribution in [1.29, 1.82) is 5.26 Å². The van der Waals surface area contributed by atoms with Crippen molar-refractivity contribution in [2.24, 2.45) is 0 Å². The monoisotopic (exact) mass is 155 g/mol. The molecule has 4 nitrogen and oxygen atoms in total. The summed E-state index contributed by atoms with van der Waals surface area (Å²) in [6, 6.07) is 4.51. The fourth-order valence-electron chi connectivity index (χ4n) is 0.654. The number of carboxylic acids is 1. The molecule has 0 atom stereocenters. The molecule has 0 aliphatic heterocycles. The van der Waals surface area contributed by atoms with Crippen molar-refractivity contribution in [3.05, 3.63) is 29.6 Å². The maximum atomic E-state index is 10.2.